The molecule has 3 unspecified atom stereocenters. The van der Waals surface area contributed by atoms with Gasteiger partial charge in [-0.15, -0.1) is 0 Å². The number of benzene rings is 1. The van der Waals surface area contributed by atoms with Crippen LogP contribution in [0.1, 0.15) is 43.4 Å². The lowest BCUT2D eigenvalue weighted by atomic mass is 9.91. The van der Waals surface area contributed by atoms with Crippen molar-refractivity contribution in [3.05, 3.63) is 88.5 Å². The number of hydrogen-bond acceptors (Lipinski definition) is 7. The van der Waals surface area contributed by atoms with E-state index in [2.05, 4.69) is 27.2 Å². The molecule has 0 spiro atoms. The first kappa shape index (κ1) is 25.5. The number of nitrogens with zero attached hydrogens (tertiary/aromatic N) is 4. The van der Waals surface area contributed by atoms with E-state index in [0.717, 1.165) is 29.8 Å². The Morgan fingerprint density at radius 3 is 2.69 bits per heavy atom. The molecule has 3 aliphatic rings. The van der Waals surface area contributed by atoms with Crippen LogP contribution in [0, 0.1) is 17.6 Å². The molecule has 6 rings (SSSR count). The van der Waals surface area contributed by atoms with Gasteiger partial charge in [-0.2, -0.15) is 0 Å². The van der Waals surface area contributed by atoms with Crippen molar-refractivity contribution in [2.75, 3.05) is 18.4 Å². The van der Waals surface area contributed by atoms with Crippen molar-refractivity contribution in [1.82, 2.24) is 19.9 Å². The summed E-state index contributed by atoms with van der Waals surface area (Å²) in [5.74, 6) is -0.818. The van der Waals surface area contributed by atoms with Crippen molar-refractivity contribution in [3.63, 3.8) is 0 Å². The number of aliphatic imine (C=N–C) groups is 1. The predicted molar refractivity (Wildman–Crippen MR) is 146 cm³/mol. The molecule has 39 heavy (non-hydrogen) atoms. The summed E-state index contributed by atoms with van der Waals surface area (Å²) >= 11 is 0. The molecule has 5 N–H and O–H groups in total. The smallest absolute Gasteiger partial charge is 0.227 e. The van der Waals surface area contributed by atoms with Gasteiger partial charge in [-0.05, 0) is 43.5 Å². The van der Waals surface area contributed by atoms with Gasteiger partial charge in [0.15, 0.2) is 0 Å². The first-order valence-electron chi connectivity index (χ1n) is 13.1. The number of H-pyrrole nitrogens is 1. The van der Waals surface area contributed by atoms with Gasteiger partial charge in [0.25, 0.3) is 0 Å². The number of likely N-dealkylation sites (tertiary alicyclic amines) is 1. The summed E-state index contributed by atoms with van der Waals surface area (Å²) in [6.07, 6.45) is 9.95. The van der Waals surface area contributed by atoms with Crippen LogP contribution < -0.4 is 11.1 Å². The molecule has 1 fully saturated rings. The van der Waals surface area contributed by atoms with Gasteiger partial charge < -0.3 is 21.1 Å². The minimum absolute atomic E-state index is 0.107. The zero-order valence-electron chi connectivity index (χ0n) is 21.9. The summed E-state index contributed by atoms with van der Waals surface area (Å²) in [6, 6.07) is 3.79. The van der Waals surface area contributed by atoms with E-state index in [1.165, 1.54) is 18.2 Å². The molecule has 8 nitrogen and oxygen atoms in total. The largest absolute Gasteiger partial charge is 0.374 e. The molecule has 3 atom stereocenters. The molecule has 1 aliphatic carbocycles. The Hall–Kier alpha value is -3.73. The monoisotopic (exact) mass is 531 g/mol. The number of fused-ring (bicyclic) bond motifs is 3. The third-order valence-electron chi connectivity index (χ3n) is 7.75. The van der Waals surface area contributed by atoms with E-state index in [1.54, 1.807) is 18.6 Å². The molecule has 0 bridgehead atoms. The number of nitrogens with two attached hydrogens (primary N) is 1. The molecule has 202 valence electrons. The quantitative estimate of drug-likeness (QED) is 0.394. The van der Waals surface area contributed by atoms with Crippen LogP contribution in [0.4, 0.5) is 14.7 Å². The molecule has 4 heterocycles. The van der Waals surface area contributed by atoms with E-state index in [4.69, 9.17) is 10.7 Å². The number of aromatic nitrogens is 3. The number of nitrogens with one attached hydrogen (secondary N) is 2. The Kier molecular flexibility index (Phi) is 6.41. The maximum Gasteiger partial charge on any atom is 0.227 e. The van der Waals surface area contributed by atoms with Crippen LogP contribution >= 0.6 is 0 Å². The van der Waals surface area contributed by atoms with Gasteiger partial charge in [0.05, 0.1) is 23.5 Å². The molecule has 2 aliphatic heterocycles. The van der Waals surface area contributed by atoms with Gasteiger partial charge in [0.2, 0.25) is 5.95 Å². The number of aromatic amines is 1. The van der Waals surface area contributed by atoms with Gasteiger partial charge in [-0.25, -0.2) is 18.7 Å². The van der Waals surface area contributed by atoms with Crippen LogP contribution in [-0.2, 0) is 6.54 Å². The predicted octanol–water partition coefficient (Wildman–Crippen LogP) is 4.10. The second-order valence-electron chi connectivity index (χ2n) is 11.0. The highest BCUT2D eigenvalue weighted by molar-refractivity contribution is 6.17. The Labute approximate surface area is 225 Å². The molecule has 0 radical (unpaired) electrons. The van der Waals surface area contributed by atoms with E-state index in [0.29, 0.717) is 35.7 Å². The molecule has 10 heteroatoms. The Balaban J connectivity index is 1.26. The zero-order chi connectivity index (χ0) is 27.3. The van der Waals surface area contributed by atoms with Crippen molar-refractivity contribution in [3.8, 4) is 11.3 Å². The maximum absolute atomic E-state index is 14.7. The topological polar surface area (TPSA) is 115 Å². The number of allylic oxidation sites excluding steroid dienone is 3. The van der Waals surface area contributed by atoms with E-state index < -0.39 is 17.9 Å². The van der Waals surface area contributed by atoms with Crippen molar-refractivity contribution in [1.29, 1.82) is 0 Å². The van der Waals surface area contributed by atoms with Crippen LogP contribution in [0.25, 0.3) is 11.3 Å². The SMILES string of the molecule is CC1CC(C(O)N2CCC(C)(N)C2)=CC=C1Nc1ncc2c(n1)-c1c[nH]cc1C(c1c(F)cccc1F)=NC2. The van der Waals surface area contributed by atoms with Gasteiger partial charge in [-0.3, -0.25) is 9.89 Å². The Morgan fingerprint density at radius 1 is 1.21 bits per heavy atom. The number of halogens is 2. The molecule has 0 amide bonds. The normalized spacial score (nSPS) is 23.7. The van der Waals surface area contributed by atoms with Crippen molar-refractivity contribution < 1.29 is 13.9 Å². The van der Waals surface area contributed by atoms with Crippen molar-refractivity contribution in [2.45, 2.75) is 45.0 Å². The summed E-state index contributed by atoms with van der Waals surface area (Å²) in [5, 5.41) is 14.3. The Morgan fingerprint density at radius 2 is 1.97 bits per heavy atom. The molecule has 0 saturated carbocycles. The second kappa shape index (κ2) is 9.78. The van der Waals surface area contributed by atoms with E-state index >= 15 is 0 Å². The summed E-state index contributed by atoms with van der Waals surface area (Å²) in [4.78, 5) is 18.9. The summed E-state index contributed by atoms with van der Waals surface area (Å²) < 4.78 is 29.3. The highest BCUT2D eigenvalue weighted by Crippen LogP contribution is 2.34. The number of aliphatic hydroxyl groups excluding tert-OH is 1. The molecule has 3 aromatic rings. The number of rotatable bonds is 5. The Bertz CT molecular complexity index is 1500. The average Bonchev–Trinajstić information content (AvgIpc) is 3.50. The zero-order valence-corrected chi connectivity index (χ0v) is 21.9. The maximum atomic E-state index is 14.7. The molecule has 1 aromatic carbocycles. The average molecular weight is 532 g/mol. The molecule has 1 saturated heterocycles. The number of hydrogen-bond donors (Lipinski definition) is 4. The molecular weight excluding hydrogens is 500 g/mol. The van der Waals surface area contributed by atoms with Crippen LogP contribution in [0.3, 0.4) is 0 Å². The standard InChI is InChI=1S/C29H31F2N7O/c1-16-10-17(27(39)38-9-8-29(2,32)15-38)6-7-23(16)36-28-35-12-18-11-34-26(24-21(30)4-3-5-22(24)31)20-14-33-13-19(20)25(18)37-28/h3-7,12-14,16,27,33,39H,8-11,15,32H2,1-2H3,(H,35,36,37). The van der Waals surface area contributed by atoms with Crippen LogP contribution in [-0.4, -0.2) is 55.5 Å². The van der Waals surface area contributed by atoms with Gasteiger partial charge in [-0.1, -0.05) is 19.1 Å². The van der Waals surface area contributed by atoms with Crippen molar-refractivity contribution in [2.24, 2.45) is 16.6 Å². The second-order valence-corrected chi connectivity index (χ2v) is 11.0. The van der Waals surface area contributed by atoms with E-state index in [-0.39, 0.29) is 29.3 Å². The highest BCUT2D eigenvalue weighted by Gasteiger charge is 2.35. The third-order valence-corrected chi connectivity index (χ3v) is 7.75. The summed E-state index contributed by atoms with van der Waals surface area (Å²) in [7, 11) is 0. The number of aliphatic hydroxyl groups is 1. The van der Waals surface area contributed by atoms with Crippen LogP contribution in [0.5, 0.6) is 0 Å². The fraction of sp³-hybridized carbons (Fsp3) is 0.345. The van der Waals surface area contributed by atoms with Gasteiger partial charge >= 0.3 is 0 Å². The van der Waals surface area contributed by atoms with Gasteiger partial charge in [0.1, 0.15) is 17.9 Å². The lowest BCUT2D eigenvalue weighted by Gasteiger charge is -2.30. The van der Waals surface area contributed by atoms with Crippen LogP contribution in [0.15, 0.2) is 65.2 Å². The summed E-state index contributed by atoms with van der Waals surface area (Å²) in [5.41, 5.74) is 10.6. The first-order valence-corrected chi connectivity index (χ1v) is 13.1. The lowest BCUT2D eigenvalue weighted by Crippen LogP contribution is -2.43. The fourth-order valence-corrected chi connectivity index (χ4v) is 5.60. The van der Waals surface area contributed by atoms with Crippen molar-refractivity contribution >= 4 is 11.7 Å². The molecular formula is C29H31F2N7O. The highest BCUT2D eigenvalue weighted by atomic mass is 19.1. The third kappa shape index (κ3) is 4.80. The van der Waals surface area contributed by atoms with Crippen LogP contribution in [0.2, 0.25) is 0 Å². The summed E-state index contributed by atoms with van der Waals surface area (Å²) in [6.45, 7) is 5.73. The lowest BCUT2D eigenvalue weighted by molar-refractivity contribution is 0.0435. The minimum atomic E-state index is -0.669. The van der Waals surface area contributed by atoms with Gasteiger partial charge in [0, 0.05) is 65.5 Å². The van der Waals surface area contributed by atoms with E-state index in [9.17, 15) is 13.9 Å². The minimum Gasteiger partial charge on any atom is -0.374 e. The van der Waals surface area contributed by atoms with E-state index in [1.807, 2.05) is 24.0 Å². The fourth-order valence-electron chi connectivity index (χ4n) is 5.60. The first-order chi connectivity index (χ1) is 18.7. The number of anilines is 1. The molecule has 2 aromatic heterocycles.